The van der Waals surface area contributed by atoms with Crippen molar-refractivity contribution in [1.29, 1.82) is 0 Å². The number of carbonyl (C=O) groups excluding carboxylic acids is 3. The number of hydrogen-bond donors (Lipinski definition) is 5. The highest BCUT2D eigenvalue weighted by Crippen LogP contribution is 2.27. The lowest BCUT2D eigenvalue weighted by Gasteiger charge is -2.29. The number of benzene rings is 1. The van der Waals surface area contributed by atoms with Crippen LogP contribution in [0.15, 0.2) is 24.3 Å². The fraction of sp³-hybridized carbons (Fsp3) is 0.645. The van der Waals surface area contributed by atoms with E-state index in [1.54, 1.807) is 32.9 Å². The molecule has 0 spiro atoms. The first-order chi connectivity index (χ1) is 20.3. The summed E-state index contributed by atoms with van der Waals surface area (Å²) in [5.74, 6) is -3.86. The lowest BCUT2D eigenvalue weighted by molar-refractivity contribution is -0.159. The first-order valence-corrected chi connectivity index (χ1v) is 15.1. The third-order valence-corrected chi connectivity index (χ3v) is 7.08. The van der Waals surface area contributed by atoms with Crippen molar-refractivity contribution in [2.45, 2.75) is 116 Å². The van der Waals surface area contributed by atoms with Gasteiger partial charge in [0.1, 0.15) is 23.4 Å². The monoisotopic (exact) mass is 605 g/mol. The smallest absolute Gasteiger partial charge is 0.408 e. The fourth-order valence-corrected chi connectivity index (χ4v) is 4.91. The van der Waals surface area contributed by atoms with Crippen LogP contribution in [0.3, 0.4) is 0 Å². The Kier molecular flexibility index (Phi) is 14.3. The molecule has 2 atom stereocenters. The van der Waals surface area contributed by atoms with Gasteiger partial charge in [-0.3, -0.25) is 9.59 Å². The molecular formula is C31H47N3O9. The molecule has 0 radical (unpaired) electrons. The Morgan fingerprint density at radius 1 is 0.884 bits per heavy atom. The average Bonchev–Trinajstić information content (AvgIpc) is 2.93. The third kappa shape index (κ3) is 13.3. The maximum Gasteiger partial charge on any atom is 0.408 e. The van der Waals surface area contributed by atoms with Crippen LogP contribution in [0.25, 0.3) is 0 Å². The minimum Gasteiger partial charge on any atom is -0.478 e. The SMILES string of the molecule is CCCCCNC(=O)[C@H](Cc1ccc(OC(C(=O)O)C(=O)O)cc1)NC(=O)[C@H](CC1CCCCC1)NC(=O)OC(C)(C)C. The Bertz CT molecular complexity index is 1060. The van der Waals surface area contributed by atoms with Crippen molar-refractivity contribution < 1.29 is 43.7 Å². The molecule has 5 N–H and O–H groups in total. The number of aliphatic carboxylic acids is 2. The Morgan fingerprint density at radius 2 is 1.51 bits per heavy atom. The fourth-order valence-electron chi connectivity index (χ4n) is 4.91. The number of carboxylic acid groups (broad SMARTS) is 2. The van der Waals surface area contributed by atoms with Gasteiger partial charge in [-0.25, -0.2) is 14.4 Å². The predicted octanol–water partition coefficient (Wildman–Crippen LogP) is 3.80. The van der Waals surface area contributed by atoms with Gasteiger partial charge in [0.25, 0.3) is 6.10 Å². The zero-order chi connectivity index (χ0) is 32.0. The summed E-state index contributed by atoms with van der Waals surface area (Å²) >= 11 is 0. The summed E-state index contributed by atoms with van der Waals surface area (Å²) in [6, 6.07) is 4.08. The molecule has 240 valence electrons. The molecule has 0 saturated heterocycles. The highest BCUT2D eigenvalue weighted by molar-refractivity contribution is 5.96. The van der Waals surface area contributed by atoms with Gasteiger partial charge in [-0.2, -0.15) is 0 Å². The average molecular weight is 606 g/mol. The summed E-state index contributed by atoms with van der Waals surface area (Å²) in [5, 5.41) is 26.5. The maximum atomic E-state index is 13.6. The van der Waals surface area contributed by atoms with E-state index in [1.807, 2.05) is 0 Å². The van der Waals surface area contributed by atoms with Crippen molar-refractivity contribution in [3.63, 3.8) is 0 Å². The van der Waals surface area contributed by atoms with E-state index >= 15 is 0 Å². The zero-order valence-corrected chi connectivity index (χ0v) is 25.6. The topological polar surface area (TPSA) is 180 Å². The van der Waals surface area contributed by atoms with Crippen molar-refractivity contribution in [1.82, 2.24) is 16.0 Å². The van der Waals surface area contributed by atoms with Crippen LogP contribution in [0.5, 0.6) is 5.75 Å². The number of alkyl carbamates (subject to hydrolysis) is 1. The molecule has 43 heavy (non-hydrogen) atoms. The Labute approximate surface area is 253 Å². The van der Waals surface area contributed by atoms with Crippen LogP contribution in [0.2, 0.25) is 0 Å². The molecule has 1 aromatic rings. The number of carbonyl (C=O) groups is 5. The molecule has 2 rings (SSSR count). The normalized spacial score (nSPS) is 15.2. The molecule has 0 unspecified atom stereocenters. The van der Waals surface area contributed by atoms with E-state index < -0.39 is 47.7 Å². The molecule has 0 bridgehead atoms. The van der Waals surface area contributed by atoms with Crippen molar-refractivity contribution in [2.24, 2.45) is 5.92 Å². The summed E-state index contributed by atoms with van der Waals surface area (Å²) in [7, 11) is 0. The molecule has 12 heteroatoms. The summed E-state index contributed by atoms with van der Waals surface area (Å²) in [6.45, 7) is 7.71. The van der Waals surface area contributed by atoms with Crippen molar-refractivity contribution in [2.75, 3.05) is 6.54 Å². The molecule has 1 saturated carbocycles. The quantitative estimate of drug-likeness (QED) is 0.138. The number of ether oxygens (including phenoxy) is 2. The second kappa shape index (κ2) is 17.3. The van der Waals surface area contributed by atoms with Gasteiger partial charge in [0.05, 0.1) is 0 Å². The molecule has 1 aromatic carbocycles. The number of carboxylic acids is 2. The lowest BCUT2D eigenvalue weighted by atomic mass is 9.84. The van der Waals surface area contributed by atoms with Crippen LogP contribution >= 0.6 is 0 Å². The molecule has 0 aromatic heterocycles. The number of nitrogens with one attached hydrogen (secondary N) is 3. The minimum absolute atomic E-state index is 0.0252. The Morgan fingerprint density at radius 3 is 2.07 bits per heavy atom. The molecule has 1 aliphatic rings. The van der Waals surface area contributed by atoms with E-state index in [2.05, 4.69) is 22.9 Å². The van der Waals surface area contributed by atoms with Gasteiger partial charge >= 0.3 is 18.0 Å². The summed E-state index contributed by atoms with van der Waals surface area (Å²) in [4.78, 5) is 61.8. The van der Waals surface area contributed by atoms with Crippen molar-refractivity contribution >= 4 is 29.8 Å². The van der Waals surface area contributed by atoms with Crippen LogP contribution in [0.4, 0.5) is 4.79 Å². The molecule has 0 heterocycles. The standard InChI is InChI=1S/C31H47N3O9/c1-5-6-10-17-32-26(35)23(19-21-13-15-22(16-14-21)42-25(28(37)38)29(39)40)33-27(36)24(18-20-11-8-7-9-12-20)34-30(41)43-31(2,3)4/h13-16,20,23-25H,5-12,17-19H2,1-4H3,(H,32,35)(H,33,36)(H,34,41)(H,37,38)(H,39,40)/t23-,24-/m0/s1. The highest BCUT2D eigenvalue weighted by Gasteiger charge is 2.31. The number of amides is 3. The van der Waals surface area contributed by atoms with E-state index in [0.29, 0.717) is 18.5 Å². The van der Waals surface area contributed by atoms with E-state index in [-0.39, 0.29) is 24.0 Å². The molecule has 1 fully saturated rings. The van der Waals surface area contributed by atoms with E-state index in [4.69, 9.17) is 19.7 Å². The largest absolute Gasteiger partial charge is 0.478 e. The third-order valence-electron chi connectivity index (χ3n) is 7.08. The number of hydrogen-bond acceptors (Lipinski definition) is 7. The Hall–Kier alpha value is -3.83. The van der Waals surface area contributed by atoms with Gasteiger partial charge in [-0.05, 0) is 57.2 Å². The van der Waals surface area contributed by atoms with E-state index in [0.717, 1.165) is 51.4 Å². The van der Waals surface area contributed by atoms with Crippen molar-refractivity contribution in [3.05, 3.63) is 29.8 Å². The van der Waals surface area contributed by atoms with Gasteiger partial charge in [0, 0.05) is 13.0 Å². The second-order valence-electron chi connectivity index (χ2n) is 12.0. The van der Waals surface area contributed by atoms with Crippen molar-refractivity contribution in [3.8, 4) is 5.75 Å². The van der Waals surface area contributed by atoms with Crippen LogP contribution in [-0.4, -0.2) is 70.4 Å². The lowest BCUT2D eigenvalue weighted by Crippen LogP contribution is -2.55. The summed E-state index contributed by atoms with van der Waals surface area (Å²) < 4.78 is 10.5. The summed E-state index contributed by atoms with van der Waals surface area (Å²) in [6.07, 6.45) is 5.64. The van der Waals surface area contributed by atoms with Gasteiger partial charge in [0.15, 0.2) is 0 Å². The number of unbranched alkanes of at least 4 members (excludes halogenated alkanes) is 2. The number of rotatable bonds is 16. The Balaban J connectivity index is 2.22. The highest BCUT2D eigenvalue weighted by atomic mass is 16.6. The van der Waals surface area contributed by atoms with Gasteiger partial charge in [0.2, 0.25) is 11.8 Å². The first-order valence-electron chi connectivity index (χ1n) is 15.1. The molecule has 3 amide bonds. The van der Waals surface area contributed by atoms with E-state index in [1.165, 1.54) is 12.1 Å². The summed E-state index contributed by atoms with van der Waals surface area (Å²) in [5.41, 5.74) is -0.130. The van der Waals surface area contributed by atoms with Gasteiger partial charge < -0.3 is 35.6 Å². The molecule has 0 aliphatic heterocycles. The zero-order valence-electron chi connectivity index (χ0n) is 25.6. The first kappa shape index (κ1) is 35.4. The molecule has 12 nitrogen and oxygen atoms in total. The maximum absolute atomic E-state index is 13.6. The van der Waals surface area contributed by atoms with Crippen LogP contribution in [-0.2, 0) is 30.3 Å². The predicted molar refractivity (Wildman–Crippen MR) is 159 cm³/mol. The second-order valence-corrected chi connectivity index (χ2v) is 12.0. The van der Waals surface area contributed by atoms with Crippen LogP contribution in [0, 0.1) is 5.92 Å². The van der Waals surface area contributed by atoms with Crippen LogP contribution in [0.1, 0.15) is 91.0 Å². The van der Waals surface area contributed by atoms with Gasteiger partial charge in [-0.1, -0.05) is 64.0 Å². The molecular weight excluding hydrogens is 558 g/mol. The molecule has 1 aliphatic carbocycles. The van der Waals surface area contributed by atoms with E-state index in [9.17, 15) is 24.0 Å². The minimum atomic E-state index is -2.06. The van der Waals surface area contributed by atoms with Gasteiger partial charge in [-0.15, -0.1) is 0 Å². The van der Waals surface area contributed by atoms with Crippen LogP contribution < -0.4 is 20.7 Å².